The molecule has 140 valence electrons. The summed E-state index contributed by atoms with van der Waals surface area (Å²) in [4.78, 5) is 14.7. The number of nitrogens with one attached hydrogen (secondary N) is 1. The van der Waals surface area contributed by atoms with E-state index < -0.39 is 0 Å². The van der Waals surface area contributed by atoms with Crippen molar-refractivity contribution in [2.75, 3.05) is 6.73 Å². The van der Waals surface area contributed by atoms with E-state index in [1.54, 1.807) is 0 Å². The van der Waals surface area contributed by atoms with Gasteiger partial charge in [-0.25, -0.2) is 4.79 Å². The highest BCUT2D eigenvalue weighted by Gasteiger charge is 2.46. The highest BCUT2D eigenvalue weighted by Crippen LogP contribution is 2.37. The van der Waals surface area contributed by atoms with Crippen LogP contribution in [-0.4, -0.2) is 34.8 Å². The van der Waals surface area contributed by atoms with Crippen LogP contribution in [0.4, 0.5) is 4.79 Å². The average Bonchev–Trinajstić information content (AvgIpc) is 2.46. The highest BCUT2D eigenvalue weighted by atomic mass is 16.5. The van der Waals surface area contributed by atoms with Crippen LogP contribution in [0.1, 0.15) is 59.4 Å². The Morgan fingerprint density at radius 1 is 1.20 bits per heavy atom. The Morgan fingerprint density at radius 2 is 1.76 bits per heavy atom. The van der Waals surface area contributed by atoms with Crippen molar-refractivity contribution in [3.05, 3.63) is 29.8 Å². The molecule has 1 aliphatic heterocycles. The molecule has 1 aliphatic rings. The number of aryl methyl sites for hydroxylation is 1. The minimum atomic E-state index is -0.285. The molecule has 2 rings (SSSR count). The van der Waals surface area contributed by atoms with Gasteiger partial charge in [0, 0.05) is 17.1 Å². The molecule has 1 aromatic rings. The van der Waals surface area contributed by atoms with Crippen LogP contribution in [0, 0.1) is 0 Å². The molecule has 0 spiro atoms. The molecule has 0 bridgehead atoms. The minimum absolute atomic E-state index is 0.107. The number of hydrogen-bond acceptors (Lipinski definition) is 3. The largest absolute Gasteiger partial charge is 0.473 e. The summed E-state index contributed by atoms with van der Waals surface area (Å²) >= 11 is 0. The number of hydrogen-bond donors (Lipinski definition) is 2. The zero-order valence-corrected chi connectivity index (χ0v) is 16.3. The van der Waals surface area contributed by atoms with Crippen LogP contribution in [0.15, 0.2) is 24.3 Å². The lowest BCUT2D eigenvalue weighted by Crippen LogP contribution is -2.67. The van der Waals surface area contributed by atoms with Crippen molar-refractivity contribution in [2.24, 2.45) is 5.73 Å². The molecular formula is C20H33N3O2. The Kier molecular flexibility index (Phi) is 5.99. The first-order valence-corrected chi connectivity index (χ1v) is 9.21. The van der Waals surface area contributed by atoms with Crippen LogP contribution in [0.25, 0.3) is 0 Å². The van der Waals surface area contributed by atoms with Crippen molar-refractivity contribution < 1.29 is 9.53 Å². The maximum atomic E-state index is 12.8. The third-order valence-electron chi connectivity index (χ3n) is 4.86. The number of urea groups is 1. The van der Waals surface area contributed by atoms with Gasteiger partial charge in [0.15, 0.2) is 6.73 Å². The molecule has 0 unspecified atom stereocenters. The van der Waals surface area contributed by atoms with Crippen molar-refractivity contribution in [1.82, 2.24) is 10.2 Å². The van der Waals surface area contributed by atoms with Gasteiger partial charge in [-0.2, -0.15) is 0 Å². The summed E-state index contributed by atoms with van der Waals surface area (Å²) in [6.45, 7) is 10.6. The number of rotatable bonds is 5. The average molecular weight is 348 g/mol. The first-order chi connectivity index (χ1) is 11.7. The second kappa shape index (κ2) is 7.65. The van der Waals surface area contributed by atoms with E-state index >= 15 is 0 Å². The highest BCUT2D eigenvalue weighted by molar-refractivity contribution is 5.76. The first-order valence-electron chi connectivity index (χ1n) is 9.21. The van der Waals surface area contributed by atoms with Gasteiger partial charge in [-0.05, 0) is 64.7 Å². The molecule has 0 aliphatic carbocycles. The number of nitrogens with zero attached hydrogens (tertiary/aromatic N) is 1. The standard InChI is InChI=1S/C20H33N3O2/c1-6-7-15-8-10-17(11-9-15)25-14-22-18(24)23-19(2,3)12-16(21)13-20(23,4)5/h8-11,16H,6-7,12-14,21H2,1-5H3,(H,22,24). The van der Waals surface area contributed by atoms with E-state index in [4.69, 9.17) is 10.5 Å². The van der Waals surface area contributed by atoms with E-state index in [2.05, 4.69) is 52.1 Å². The molecule has 0 radical (unpaired) electrons. The molecule has 1 saturated heterocycles. The molecule has 5 nitrogen and oxygen atoms in total. The van der Waals surface area contributed by atoms with E-state index in [0.29, 0.717) is 0 Å². The van der Waals surface area contributed by atoms with Crippen LogP contribution >= 0.6 is 0 Å². The predicted molar refractivity (Wildman–Crippen MR) is 102 cm³/mol. The van der Waals surface area contributed by atoms with Crippen molar-refractivity contribution in [2.45, 2.75) is 77.4 Å². The van der Waals surface area contributed by atoms with Gasteiger partial charge < -0.3 is 20.7 Å². The van der Waals surface area contributed by atoms with E-state index in [9.17, 15) is 4.79 Å². The van der Waals surface area contributed by atoms with Crippen LogP contribution < -0.4 is 15.8 Å². The fraction of sp³-hybridized carbons (Fsp3) is 0.650. The number of benzene rings is 1. The van der Waals surface area contributed by atoms with Crippen molar-refractivity contribution in [3.63, 3.8) is 0 Å². The van der Waals surface area contributed by atoms with Crippen LogP contribution in [-0.2, 0) is 6.42 Å². The summed E-state index contributed by atoms with van der Waals surface area (Å²) < 4.78 is 5.67. The number of piperidine rings is 1. The van der Waals surface area contributed by atoms with Gasteiger partial charge in [-0.3, -0.25) is 0 Å². The van der Waals surface area contributed by atoms with Gasteiger partial charge in [0.25, 0.3) is 0 Å². The fourth-order valence-corrected chi connectivity index (χ4v) is 4.21. The van der Waals surface area contributed by atoms with Gasteiger partial charge in [0.1, 0.15) is 5.75 Å². The zero-order valence-electron chi connectivity index (χ0n) is 16.3. The van der Waals surface area contributed by atoms with Gasteiger partial charge in [-0.1, -0.05) is 25.5 Å². The zero-order chi connectivity index (χ0) is 18.7. The maximum Gasteiger partial charge on any atom is 0.320 e. The third-order valence-corrected chi connectivity index (χ3v) is 4.86. The van der Waals surface area contributed by atoms with Gasteiger partial charge in [0.2, 0.25) is 0 Å². The number of likely N-dealkylation sites (tertiary alicyclic amines) is 1. The topological polar surface area (TPSA) is 67.6 Å². The number of amides is 2. The number of carbonyl (C=O) groups excluding carboxylic acids is 1. The predicted octanol–water partition coefficient (Wildman–Crippen LogP) is 3.67. The summed E-state index contributed by atoms with van der Waals surface area (Å²) in [6.07, 6.45) is 3.78. The second-order valence-electron chi connectivity index (χ2n) is 8.29. The molecule has 0 atom stereocenters. The Balaban J connectivity index is 1.92. The van der Waals surface area contributed by atoms with Crippen molar-refractivity contribution in [1.29, 1.82) is 0 Å². The van der Waals surface area contributed by atoms with Crippen molar-refractivity contribution >= 4 is 6.03 Å². The molecular weight excluding hydrogens is 314 g/mol. The summed E-state index contributed by atoms with van der Waals surface area (Å²) in [7, 11) is 0. The monoisotopic (exact) mass is 347 g/mol. The van der Waals surface area contributed by atoms with E-state index in [1.807, 2.05) is 17.0 Å². The Morgan fingerprint density at radius 3 is 2.28 bits per heavy atom. The lowest BCUT2D eigenvalue weighted by Gasteiger charge is -2.54. The molecule has 1 aromatic carbocycles. The molecule has 0 saturated carbocycles. The van der Waals surface area contributed by atoms with Crippen molar-refractivity contribution in [3.8, 4) is 5.75 Å². The Bertz CT molecular complexity index is 563. The quantitative estimate of drug-likeness (QED) is 0.799. The second-order valence-corrected chi connectivity index (χ2v) is 8.29. The summed E-state index contributed by atoms with van der Waals surface area (Å²) in [5.41, 5.74) is 6.90. The maximum absolute atomic E-state index is 12.8. The molecule has 3 N–H and O–H groups in total. The smallest absolute Gasteiger partial charge is 0.320 e. The molecule has 2 amide bonds. The molecule has 5 heteroatoms. The van der Waals surface area contributed by atoms with Crippen LogP contribution in [0.2, 0.25) is 0 Å². The van der Waals surface area contributed by atoms with E-state index in [0.717, 1.165) is 31.4 Å². The molecule has 1 fully saturated rings. The van der Waals surface area contributed by atoms with Gasteiger partial charge >= 0.3 is 6.03 Å². The number of ether oxygens (including phenoxy) is 1. The molecule has 0 aromatic heterocycles. The summed E-state index contributed by atoms with van der Waals surface area (Å²) in [6, 6.07) is 8.05. The van der Waals surface area contributed by atoms with Gasteiger partial charge in [0.05, 0.1) is 0 Å². The Labute approximate surface area is 151 Å². The summed E-state index contributed by atoms with van der Waals surface area (Å²) in [5.74, 6) is 0.763. The molecule has 25 heavy (non-hydrogen) atoms. The molecule has 1 heterocycles. The normalized spacial score (nSPS) is 19.5. The fourth-order valence-electron chi connectivity index (χ4n) is 4.21. The Hall–Kier alpha value is -1.75. The van der Waals surface area contributed by atoms with Crippen LogP contribution in [0.3, 0.4) is 0 Å². The number of nitrogens with two attached hydrogens (primary N) is 1. The van der Waals surface area contributed by atoms with Gasteiger partial charge in [-0.15, -0.1) is 0 Å². The minimum Gasteiger partial charge on any atom is -0.473 e. The lowest BCUT2D eigenvalue weighted by atomic mass is 9.77. The SMILES string of the molecule is CCCc1ccc(OCNC(=O)N2C(C)(C)CC(N)CC2(C)C)cc1. The summed E-state index contributed by atoms with van der Waals surface area (Å²) in [5, 5.41) is 2.89. The van der Waals surface area contributed by atoms with E-state index in [-0.39, 0.29) is 29.9 Å². The third kappa shape index (κ3) is 4.88. The van der Waals surface area contributed by atoms with E-state index in [1.165, 1.54) is 5.56 Å². The lowest BCUT2D eigenvalue weighted by molar-refractivity contribution is 0.00145. The van der Waals surface area contributed by atoms with Crippen LogP contribution in [0.5, 0.6) is 5.75 Å². The first kappa shape index (κ1) is 19.6. The number of carbonyl (C=O) groups is 1.